The fourth-order valence-corrected chi connectivity index (χ4v) is 3.48. The van der Waals surface area contributed by atoms with Gasteiger partial charge in [0.2, 0.25) is 21.8 Å². The lowest BCUT2D eigenvalue weighted by Crippen LogP contribution is -2.55. The molecule has 0 spiro atoms. The van der Waals surface area contributed by atoms with Gasteiger partial charge in [-0.25, -0.2) is 13.1 Å². The second kappa shape index (κ2) is 6.71. The summed E-state index contributed by atoms with van der Waals surface area (Å²) in [5.41, 5.74) is 0. The maximum absolute atomic E-state index is 12.3. The van der Waals surface area contributed by atoms with Gasteiger partial charge in [-0.2, -0.15) is 0 Å². The van der Waals surface area contributed by atoms with Crippen LogP contribution in [-0.4, -0.2) is 81.6 Å². The monoisotopic (exact) mass is 318 g/mol. The van der Waals surface area contributed by atoms with Crippen molar-refractivity contribution >= 4 is 21.8 Å². The molecule has 0 aromatic heterocycles. The number of amides is 2. The SMILES string of the molecule is CS(=O)(=O)N[C@@H]1CCCN(C(=O)CN2CCNCC2=O)C1. The highest BCUT2D eigenvalue weighted by molar-refractivity contribution is 7.88. The maximum atomic E-state index is 12.3. The Balaban J connectivity index is 1.88. The van der Waals surface area contributed by atoms with Crippen LogP contribution in [-0.2, 0) is 19.6 Å². The average Bonchev–Trinajstić information content (AvgIpc) is 2.39. The minimum Gasteiger partial charge on any atom is -0.340 e. The van der Waals surface area contributed by atoms with Gasteiger partial charge in [0.15, 0.2) is 0 Å². The van der Waals surface area contributed by atoms with Crippen LogP contribution in [0, 0.1) is 0 Å². The zero-order chi connectivity index (χ0) is 15.5. The van der Waals surface area contributed by atoms with E-state index in [-0.39, 0.29) is 30.9 Å². The van der Waals surface area contributed by atoms with E-state index in [1.165, 1.54) is 0 Å². The third-order valence-corrected chi connectivity index (χ3v) is 4.43. The van der Waals surface area contributed by atoms with Gasteiger partial charge >= 0.3 is 0 Å². The Morgan fingerprint density at radius 2 is 2.19 bits per heavy atom. The second-order valence-corrected chi connectivity index (χ2v) is 7.34. The van der Waals surface area contributed by atoms with E-state index in [1.54, 1.807) is 9.80 Å². The first-order chi connectivity index (χ1) is 9.85. The summed E-state index contributed by atoms with van der Waals surface area (Å²) in [6.07, 6.45) is 2.60. The van der Waals surface area contributed by atoms with E-state index in [2.05, 4.69) is 10.0 Å². The van der Waals surface area contributed by atoms with Gasteiger partial charge in [0.25, 0.3) is 0 Å². The van der Waals surface area contributed by atoms with Crippen LogP contribution in [0.3, 0.4) is 0 Å². The highest BCUT2D eigenvalue weighted by Gasteiger charge is 2.28. The first kappa shape index (κ1) is 16.2. The molecule has 1 atom stereocenters. The molecule has 2 fully saturated rings. The summed E-state index contributed by atoms with van der Waals surface area (Å²) in [5, 5.41) is 2.96. The summed E-state index contributed by atoms with van der Waals surface area (Å²) >= 11 is 0. The highest BCUT2D eigenvalue weighted by atomic mass is 32.2. The van der Waals surface area contributed by atoms with Gasteiger partial charge in [0.05, 0.1) is 19.3 Å². The molecule has 9 heteroatoms. The number of nitrogens with zero attached hydrogens (tertiary/aromatic N) is 2. The number of rotatable bonds is 4. The highest BCUT2D eigenvalue weighted by Crippen LogP contribution is 2.11. The Bertz CT molecular complexity index is 507. The summed E-state index contributed by atoms with van der Waals surface area (Å²) in [4.78, 5) is 27.1. The molecule has 0 aromatic carbocycles. The summed E-state index contributed by atoms with van der Waals surface area (Å²) in [6.45, 7) is 2.55. The minimum absolute atomic E-state index is 0.0718. The lowest BCUT2D eigenvalue weighted by Gasteiger charge is -2.35. The third kappa shape index (κ3) is 4.94. The predicted molar refractivity (Wildman–Crippen MR) is 77.0 cm³/mol. The third-order valence-electron chi connectivity index (χ3n) is 3.67. The summed E-state index contributed by atoms with van der Waals surface area (Å²) < 4.78 is 25.1. The molecular formula is C12H22N4O4S. The number of likely N-dealkylation sites (tertiary alicyclic amines) is 1. The van der Waals surface area contributed by atoms with Crippen molar-refractivity contribution in [3.05, 3.63) is 0 Å². The van der Waals surface area contributed by atoms with Gasteiger partial charge in [0, 0.05) is 32.2 Å². The van der Waals surface area contributed by atoms with E-state index in [0.717, 1.165) is 19.1 Å². The van der Waals surface area contributed by atoms with Crippen LogP contribution in [0.15, 0.2) is 0 Å². The molecule has 2 N–H and O–H groups in total. The molecule has 0 aliphatic carbocycles. The number of nitrogens with one attached hydrogen (secondary N) is 2. The van der Waals surface area contributed by atoms with Gasteiger partial charge in [-0.05, 0) is 12.8 Å². The number of carbonyl (C=O) groups excluding carboxylic acids is 2. The van der Waals surface area contributed by atoms with Crippen molar-refractivity contribution in [1.29, 1.82) is 0 Å². The number of piperidine rings is 1. The predicted octanol–water partition coefficient (Wildman–Crippen LogP) is -2.04. The molecule has 2 aliphatic rings. The zero-order valence-electron chi connectivity index (χ0n) is 12.2. The Hall–Kier alpha value is -1.19. The normalized spacial score (nSPS) is 24.2. The summed E-state index contributed by atoms with van der Waals surface area (Å²) in [5.74, 6) is -0.192. The fourth-order valence-electron chi connectivity index (χ4n) is 2.68. The zero-order valence-corrected chi connectivity index (χ0v) is 13.0. The first-order valence-corrected chi connectivity index (χ1v) is 8.98. The van der Waals surface area contributed by atoms with E-state index in [1.807, 2.05) is 0 Å². The molecule has 0 saturated carbocycles. The van der Waals surface area contributed by atoms with Gasteiger partial charge < -0.3 is 15.1 Å². The van der Waals surface area contributed by atoms with Crippen LogP contribution >= 0.6 is 0 Å². The number of hydrogen-bond acceptors (Lipinski definition) is 5. The van der Waals surface area contributed by atoms with E-state index in [0.29, 0.717) is 26.2 Å². The van der Waals surface area contributed by atoms with Crippen molar-refractivity contribution in [3.8, 4) is 0 Å². The van der Waals surface area contributed by atoms with Crippen molar-refractivity contribution < 1.29 is 18.0 Å². The van der Waals surface area contributed by atoms with Crippen molar-refractivity contribution in [3.63, 3.8) is 0 Å². The van der Waals surface area contributed by atoms with Crippen molar-refractivity contribution in [2.45, 2.75) is 18.9 Å². The van der Waals surface area contributed by atoms with Crippen LogP contribution in [0.1, 0.15) is 12.8 Å². The Morgan fingerprint density at radius 3 is 2.86 bits per heavy atom. The number of piperazine rings is 1. The molecule has 2 rings (SSSR count). The van der Waals surface area contributed by atoms with Gasteiger partial charge in [-0.15, -0.1) is 0 Å². The number of hydrogen-bond donors (Lipinski definition) is 2. The molecule has 0 aromatic rings. The minimum atomic E-state index is -3.27. The second-order valence-electron chi connectivity index (χ2n) is 5.56. The molecule has 21 heavy (non-hydrogen) atoms. The van der Waals surface area contributed by atoms with Crippen molar-refractivity contribution in [1.82, 2.24) is 19.8 Å². The van der Waals surface area contributed by atoms with Gasteiger partial charge in [-0.3, -0.25) is 9.59 Å². The van der Waals surface area contributed by atoms with E-state index < -0.39 is 10.0 Å². The molecule has 8 nitrogen and oxygen atoms in total. The largest absolute Gasteiger partial charge is 0.340 e. The Kier molecular flexibility index (Phi) is 5.17. The molecule has 2 saturated heterocycles. The molecule has 2 aliphatic heterocycles. The molecule has 0 radical (unpaired) electrons. The van der Waals surface area contributed by atoms with Crippen molar-refractivity contribution in [2.24, 2.45) is 0 Å². The Labute approximate surface area is 124 Å². The van der Waals surface area contributed by atoms with Gasteiger partial charge in [0.1, 0.15) is 0 Å². The molecule has 2 amide bonds. The summed E-state index contributed by atoms with van der Waals surface area (Å²) in [7, 11) is -3.27. The maximum Gasteiger partial charge on any atom is 0.242 e. The van der Waals surface area contributed by atoms with Crippen LogP contribution in [0.5, 0.6) is 0 Å². The van der Waals surface area contributed by atoms with E-state index in [9.17, 15) is 18.0 Å². The Morgan fingerprint density at radius 1 is 1.43 bits per heavy atom. The first-order valence-electron chi connectivity index (χ1n) is 7.09. The number of carbonyl (C=O) groups is 2. The van der Waals surface area contributed by atoms with Crippen molar-refractivity contribution in [2.75, 3.05) is 45.5 Å². The standard InChI is InChI=1S/C12H22N4O4S/c1-21(19,20)14-10-3-2-5-15(8-10)12(18)9-16-6-4-13-7-11(16)17/h10,13-14H,2-9H2,1H3/t10-/m1/s1. The molecular weight excluding hydrogens is 296 g/mol. The summed E-state index contributed by atoms with van der Waals surface area (Å²) in [6, 6.07) is -0.239. The van der Waals surface area contributed by atoms with Crippen LogP contribution in [0.2, 0.25) is 0 Å². The van der Waals surface area contributed by atoms with E-state index >= 15 is 0 Å². The topological polar surface area (TPSA) is 98.8 Å². The molecule has 0 bridgehead atoms. The smallest absolute Gasteiger partial charge is 0.242 e. The van der Waals surface area contributed by atoms with Crippen LogP contribution in [0.25, 0.3) is 0 Å². The molecule has 0 unspecified atom stereocenters. The lowest BCUT2D eigenvalue weighted by molar-refractivity contribution is -0.141. The fraction of sp³-hybridized carbons (Fsp3) is 0.833. The van der Waals surface area contributed by atoms with Crippen LogP contribution < -0.4 is 10.0 Å². The lowest BCUT2D eigenvalue weighted by atomic mass is 10.1. The van der Waals surface area contributed by atoms with Crippen LogP contribution in [0.4, 0.5) is 0 Å². The van der Waals surface area contributed by atoms with E-state index in [4.69, 9.17) is 0 Å². The van der Waals surface area contributed by atoms with Gasteiger partial charge in [-0.1, -0.05) is 0 Å². The number of sulfonamides is 1. The average molecular weight is 318 g/mol. The molecule has 120 valence electrons. The quantitative estimate of drug-likeness (QED) is 0.622. The molecule has 2 heterocycles.